The van der Waals surface area contributed by atoms with Crippen LogP contribution in [0.25, 0.3) is 0 Å². The number of carbonyl (C=O) groups excluding carboxylic acids is 1. The molecular formula is C14H24O. The Morgan fingerprint density at radius 3 is 2.20 bits per heavy atom. The molecule has 0 amide bonds. The minimum absolute atomic E-state index is 0.831. The highest BCUT2D eigenvalue weighted by molar-refractivity contribution is 5.64. The average molecular weight is 208 g/mol. The van der Waals surface area contributed by atoms with E-state index < -0.39 is 0 Å². The summed E-state index contributed by atoms with van der Waals surface area (Å²) in [6.07, 6.45) is 18.8. The van der Waals surface area contributed by atoms with Gasteiger partial charge in [-0.05, 0) is 31.8 Å². The minimum atomic E-state index is 0.831. The van der Waals surface area contributed by atoms with Crippen LogP contribution in [-0.4, -0.2) is 6.29 Å². The predicted molar refractivity (Wildman–Crippen MR) is 67.0 cm³/mol. The van der Waals surface area contributed by atoms with Gasteiger partial charge in [0, 0.05) is 0 Å². The molecule has 0 N–H and O–H groups in total. The maximum atomic E-state index is 9.96. The lowest BCUT2D eigenvalue weighted by molar-refractivity contribution is -0.104. The van der Waals surface area contributed by atoms with Gasteiger partial charge >= 0.3 is 0 Å². The van der Waals surface area contributed by atoms with Gasteiger partial charge in [-0.3, -0.25) is 4.79 Å². The van der Waals surface area contributed by atoms with E-state index in [2.05, 4.69) is 19.1 Å². The van der Waals surface area contributed by atoms with Crippen molar-refractivity contribution in [2.45, 2.75) is 58.3 Å². The molecule has 0 rings (SSSR count). The highest BCUT2D eigenvalue weighted by Crippen LogP contribution is 2.05. The molecule has 0 heterocycles. The average Bonchev–Trinajstić information content (AvgIpc) is 2.26. The van der Waals surface area contributed by atoms with Crippen LogP contribution < -0.4 is 0 Å². The van der Waals surface area contributed by atoms with E-state index in [-0.39, 0.29) is 0 Å². The fourth-order valence-corrected chi connectivity index (χ4v) is 1.45. The second kappa shape index (κ2) is 13.2. The molecule has 0 aliphatic carbocycles. The maximum Gasteiger partial charge on any atom is 0.142 e. The molecule has 0 unspecified atom stereocenters. The normalized spacial score (nSPS) is 11.5. The van der Waals surface area contributed by atoms with E-state index >= 15 is 0 Å². The fourth-order valence-electron chi connectivity index (χ4n) is 1.45. The van der Waals surface area contributed by atoms with Crippen LogP contribution in [0.15, 0.2) is 24.3 Å². The molecule has 0 aromatic rings. The molecule has 0 radical (unpaired) electrons. The standard InChI is InChI=1S/C14H24O/c1-2-3-4-5-6-7-8-9-10-11-12-13-14-15/h8-9,12-14H,2-7,10-11H2,1H3. The van der Waals surface area contributed by atoms with Gasteiger partial charge in [-0.1, -0.05) is 50.8 Å². The minimum Gasteiger partial charge on any atom is -0.299 e. The maximum absolute atomic E-state index is 9.96. The van der Waals surface area contributed by atoms with Crippen molar-refractivity contribution < 1.29 is 4.79 Å². The summed E-state index contributed by atoms with van der Waals surface area (Å²) in [5, 5.41) is 0. The number of rotatable bonds is 10. The third-order valence-corrected chi connectivity index (χ3v) is 2.36. The molecule has 86 valence electrons. The monoisotopic (exact) mass is 208 g/mol. The molecule has 0 bridgehead atoms. The van der Waals surface area contributed by atoms with E-state index in [0.717, 1.165) is 19.1 Å². The topological polar surface area (TPSA) is 17.1 Å². The zero-order chi connectivity index (χ0) is 11.2. The number of hydrogen-bond acceptors (Lipinski definition) is 1. The van der Waals surface area contributed by atoms with Crippen LogP contribution >= 0.6 is 0 Å². The molecule has 0 aliphatic heterocycles. The van der Waals surface area contributed by atoms with Crippen molar-refractivity contribution in [3.63, 3.8) is 0 Å². The van der Waals surface area contributed by atoms with Gasteiger partial charge in [0.25, 0.3) is 0 Å². The quantitative estimate of drug-likeness (QED) is 0.224. The Kier molecular flexibility index (Phi) is 12.4. The fraction of sp³-hybridized carbons (Fsp3) is 0.643. The van der Waals surface area contributed by atoms with Crippen molar-refractivity contribution in [3.8, 4) is 0 Å². The summed E-state index contributed by atoms with van der Waals surface area (Å²) in [5.41, 5.74) is 0. The molecule has 0 aromatic heterocycles. The van der Waals surface area contributed by atoms with E-state index in [1.165, 1.54) is 38.5 Å². The lowest BCUT2D eigenvalue weighted by Crippen LogP contribution is -1.76. The van der Waals surface area contributed by atoms with Gasteiger partial charge in [0.05, 0.1) is 0 Å². The Balaban J connectivity index is 3.10. The Labute approximate surface area is 94.3 Å². The third-order valence-electron chi connectivity index (χ3n) is 2.36. The highest BCUT2D eigenvalue weighted by atomic mass is 16.1. The molecule has 15 heavy (non-hydrogen) atoms. The molecule has 0 atom stereocenters. The first kappa shape index (κ1) is 14.2. The number of unbranched alkanes of at least 4 members (excludes halogenated alkanes) is 6. The lowest BCUT2D eigenvalue weighted by atomic mass is 10.1. The lowest BCUT2D eigenvalue weighted by Gasteiger charge is -1.95. The molecular weight excluding hydrogens is 184 g/mol. The van der Waals surface area contributed by atoms with Crippen LogP contribution in [0.4, 0.5) is 0 Å². The van der Waals surface area contributed by atoms with E-state index in [0.29, 0.717) is 0 Å². The number of aldehydes is 1. The molecule has 1 nitrogen and oxygen atoms in total. The molecule has 0 spiro atoms. The van der Waals surface area contributed by atoms with Crippen molar-refractivity contribution in [1.29, 1.82) is 0 Å². The van der Waals surface area contributed by atoms with Gasteiger partial charge in [0.2, 0.25) is 0 Å². The van der Waals surface area contributed by atoms with Gasteiger partial charge in [-0.25, -0.2) is 0 Å². The van der Waals surface area contributed by atoms with E-state index in [4.69, 9.17) is 0 Å². The molecule has 0 aliphatic rings. The summed E-state index contributed by atoms with van der Waals surface area (Å²) in [4.78, 5) is 9.96. The van der Waals surface area contributed by atoms with Gasteiger partial charge in [-0.2, -0.15) is 0 Å². The first-order chi connectivity index (χ1) is 7.41. The van der Waals surface area contributed by atoms with Gasteiger partial charge in [-0.15, -0.1) is 0 Å². The summed E-state index contributed by atoms with van der Waals surface area (Å²) in [7, 11) is 0. The van der Waals surface area contributed by atoms with E-state index in [9.17, 15) is 4.79 Å². The molecule has 0 aromatic carbocycles. The van der Waals surface area contributed by atoms with Crippen molar-refractivity contribution in [2.75, 3.05) is 0 Å². The van der Waals surface area contributed by atoms with E-state index in [1.807, 2.05) is 6.08 Å². The summed E-state index contributed by atoms with van der Waals surface area (Å²) < 4.78 is 0. The first-order valence-corrected chi connectivity index (χ1v) is 6.17. The highest BCUT2D eigenvalue weighted by Gasteiger charge is 1.86. The Morgan fingerprint density at radius 2 is 1.47 bits per heavy atom. The molecule has 0 saturated heterocycles. The Morgan fingerprint density at radius 1 is 0.800 bits per heavy atom. The Bertz CT molecular complexity index is 180. The smallest absolute Gasteiger partial charge is 0.142 e. The number of allylic oxidation sites excluding steroid dienone is 4. The molecule has 0 saturated carbocycles. The van der Waals surface area contributed by atoms with Crippen LogP contribution in [0.5, 0.6) is 0 Å². The largest absolute Gasteiger partial charge is 0.299 e. The van der Waals surface area contributed by atoms with E-state index in [1.54, 1.807) is 6.08 Å². The van der Waals surface area contributed by atoms with Crippen molar-refractivity contribution in [3.05, 3.63) is 24.3 Å². The summed E-state index contributed by atoms with van der Waals surface area (Å²) in [6.45, 7) is 2.24. The number of hydrogen-bond donors (Lipinski definition) is 0. The predicted octanol–water partition coefficient (Wildman–Crippen LogP) is 4.44. The third kappa shape index (κ3) is 13.2. The molecule has 0 fully saturated rings. The van der Waals surface area contributed by atoms with Crippen LogP contribution in [0.2, 0.25) is 0 Å². The summed E-state index contributed by atoms with van der Waals surface area (Å²) in [5.74, 6) is 0. The van der Waals surface area contributed by atoms with Crippen LogP contribution in [0.1, 0.15) is 58.3 Å². The first-order valence-electron chi connectivity index (χ1n) is 6.17. The molecule has 1 heteroatoms. The van der Waals surface area contributed by atoms with Crippen molar-refractivity contribution in [1.82, 2.24) is 0 Å². The van der Waals surface area contributed by atoms with Crippen molar-refractivity contribution >= 4 is 6.29 Å². The summed E-state index contributed by atoms with van der Waals surface area (Å²) in [6, 6.07) is 0. The summed E-state index contributed by atoms with van der Waals surface area (Å²) >= 11 is 0. The van der Waals surface area contributed by atoms with Gasteiger partial charge in [0.15, 0.2) is 0 Å². The van der Waals surface area contributed by atoms with Gasteiger partial charge in [0.1, 0.15) is 6.29 Å². The van der Waals surface area contributed by atoms with Crippen LogP contribution in [0, 0.1) is 0 Å². The second-order valence-electron chi connectivity index (χ2n) is 3.82. The zero-order valence-corrected chi connectivity index (χ0v) is 9.95. The van der Waals surface area contributed by atoms with Crippen LogP contribution in [-0.2, 0) is 4.79 Å². The van der Waals surface area contributed by atoms with Crippen LogP contribution in [0.3, 0.4) is 0 Å². The number of carbonyl (C=O) groups is 1. The second-order valence-corrected chi connectivity index (χ2v) is 3.82. The van der Waals surface area contributed by atoms with Gasteiger partial charge < -0.3 is 0 Å². The Hall–Kier alpha value is -0.850. The SMILES string of the molecule is CCCCCCCC=CCCC=CC=O. The zero-order valence-electron chi connectivity index (χ0n) is 9.95. The van der Waals surface area contributed by atoms with Crippen molar-refractivity contribution in [2.24, 2.45) is 0 Å².